The van der Waals surface area contributed by atoms with Gasteiger partial charge in [-0.2, -0.15) is 0 Å². The van der Waals surface area contributed by atoms with Gasteiger partial charge in [-0.1, -0.05) is 18.2 Å². The van der Waals surface area contributed by atoms with Crippen LogP contribution in [0.5, 0.6) is 5.75 Å². The van der Waals surface area contributed by atoms with Crippen LogP contribution < -0.4 is 4.74 Å². The first-order chi connectivity index (χ1) is 13.2. The Morgan fingerprint density at radius 2 is 1.85 bits per heavy atom. The molecule has 1 amide bonds. The summed E-state index contributed by atoms with van der Waals surface area (Å²) in [6.45, 7) is 4.87. The molecule has 2 saturated heterocycles. The van der Waals surface area contributed by atoms with Crippen LogP contribution in [0.25, 0.3) is 0 Å². The van der Waals surface area contributed by atoms with E-state index in [2.05, 4.69) is 4.90 Å². The van der Waals surface area contributed by atoms with Gasteiger partial charge in [0, 0.05) is 38.3 Å². The van der Waals surface area contributed by atoms with Gasteiger partial charge < -0.3 is 14.4 Å². The number of nitrogens with zero attached hydrogens (tertiary/aromatic N) is 2. The van der Waals surface area contributed by atoms with Crippen molar-refractivity contribution in [3.8, 4) is 5.75 Å². The van der Waals surface area contributed by atoms with Crippen LogP contribution in [0.4, 0.5) is 4.39 Å². The average Bonchev–Trinajstić information content (AvgIpc) is 2.68. The number of amides is 1. The van der Waals surface area contributed by atoms with Crippen LogP contribution in [-0.2, 0) is 11.3 Å². The van der Waals surface area contributed by atoms with E-state index < -0.39 is 0 Å². The second-order valence-electron chi connectivity index (χ2n) is 6.99. The van der Waals surface area contributed by atoms with Crippen LogP contribution in [-0.4, -0.2) is 61.2 Å². The summed E-state index contributed by atoms with van der Waals surface area (Å²) in [6, 6.07) is 14.0. The van der Waals surface area contributed by atoms with Gasteiger partial charge in [0.15, 0.2) is 0 Å². The van der Waals surface area contributed by atoms with Crippen molar-refractivity contribution in [1.29, 1.82) is 0 Å². The summed E-state index contributed by atoms with van der Waals surface area (Å²) in [5.74, 6) is 0.533. The molecule has 6 heteroatoms. The van der Waals surface area contributed by atoms with Crippen LogP contribution in [0.3, 0.4) is 0 Å². The summed E-state index contributed by atoms with van der Waals surface area (Å²) < 4.78 is 24.3. The molecule has 5 nitrogen and oxygen atoms in total. The predicted molar refractivity (Wildman–Crippen MR) is 99.3 cm³/mol. The molecule has 0 spiro atoms. The van der Waals surface area contributed by atoms with E-state index in [1.54, 1.807) is 0 Å². The van der Waals surface area contributed by atoms with Gasteiger partial charge in [-0.15, -0.1) is 0 Å². The van der Waals surface area contributed by atoms with E-state index in [1.807, 2.05) is 41.3 Å². The molecule has 2 aliphatic rings. The van der Waals surface area contributed by atoms with Crippen LogP contribution in [0, 0.1) is 5.82 Å². The lowest BCUT2D eigenvalue weighted by molar-refractivity contribution is 0.0143. The maximum absolute atomic E-state index is 13.0. The molecule has 2 aromatic rings. The minimum absolute atomic E-state index is 0.0234. The highest BCUT2D eigenvalue weighted by Crippen LogP contribution is 2.22. The number of rotatable bonds is 5. The number of halogens is 1. The number of benzene rings is 2. The summed E-state index contributed by atoms with van der Waals surface area (Å²) >= 11 is 0. The third-order valence-electron chi connectivity index (χ3n) is 4.93. The van der Waals surface area contributed by atoms with Crippen molar-refractivity contribution < 1.29 is 18.7 Å². The van der Waals surface area contributed by atoms with E-state index in [1.165, 1.54) is 12.1 Å². The third kappa shape index (κ3) is 4.46. The van der Waals surface area contributed by atoms with Gasteiger partial charge >= 0.3 is 0 Å². The zero-order valence-corrected chi connectivity index (χ0v) is 15.1. The highest BCUT2D eigenvalue weighted by molar-refractivity contribution is 5.94. The normalized spacial score (nSPS) is 18.2. The molecular weight excluding hydrogens is 347 g/mol. The number of carbonyl (C=O) groups is 1. The van der Waals surface area contributed by atoms with E-state index in [4.69, 9.17) is 9.47 Å². The zero-order valence-electron chi connectivity index (χ0n) is 15.1. The highest BCUT2D eigenvalue weighted by Gasteiger charge is 2.28. The van der Waals surface area contributed by atoms with Crippen molar-refractivity contribution in [1.82, 2.24) is 9.80 Å². The van der Waals surface area contributed by atoms with Gasteiger partial charge in [-0.05, 0) is 35.9 Å². The maximum atomic E-state index is 13.0. The summed E-state index contributed by atoms with van der Waals surface area (Å²) in [5.41, 5.74) is 1.74. The van der Waals surface area contributed by atoms with E-state index in [0.717, 1.165) is 30.9 Å². The molecule has 2 aliphatic heterocycles. The Kier molecular flexibility index (Phi) is 5.36. The molecule has 2 heterocycles. The number of likely N-dealkylation sites (tertiary alicyclic amines) is 1. The van der Waals surface area contributed by atoms with Crippen LogP contribution in [0.15, 0.2) is 48.5 Å². The first-order valence-corrected chi connectivity index (χ1v) is 9.28. The SMILES string of the molecule is O=C(c1cccc(OC2CN(Cc3ccc(F)cc3)C2)c1)N1CCOCC1. The number of morpholine rings is 1. The first-order valence-electron chi connectivity index (χ1n) is 9.28. The van der Waals surface area contributed by atoms with Gasteiger partial charge in [-0.25, -0.2) is 4.39 Å². The van der Waals surface area contributed by atoms with E-state index in [0.29, 0.717) is 31.9 Å². The number of carbonyl (C=O) groups excluding carboxylic acids is 1. The van der Waals surface area contributed by atoms with Crippen molar-refractivity contribution in [3.05, 3.63) is 65.5 Å². The summed E-state index contributed by atoms with van der Waals surface area (Å²) in [7, 11) is 0. The highest BCUT2D eigenvalue weighted by atomic mass is 19.1. The van der Waals surface area contributed by atoms with Crippen LogP contribution in [0.2, 0.25) is 0 Å². The lowest BCUT2D eigenvalue weighted by Gasteiger charge is -2.39. The van der Waals surface area contributed by atoms with Crippen molar-refractivity contribution in [2.45, 2.75) is 12.6 Å². The first kappa shape index (κ1) is 17.9. The Labute approximate surface area is 158 Å². The smallest absolute Gasteiger partial charge is 0.254 e. The molecule has 0 unspecified atom stereocenters. The molecule has 142 valence electrons. The zero-order chi connectivity index (χ0) is 18.6. The number of hydrogen-bond donors (Lipinski definition) is 0. The molecule has 0 bridgehead atoms. The van der Waals surface area contributed by atoms with Crippen molar-refractivity contribution in [2.75, 3.05) is 39.4 Å². The molecule has 27 heavy (non-hydrogen) atoms. The van der Waals surface area contributed by atoms with Crippen molar-refractivity contribution >= 4 is 5.91 Å². The second-order valence-corrected chi connectivity index (χ2v) is 6.99. The fraction of sp³-hybridized carbons (Fsp3) is 0.381. The van der Waals surface area contributed by atoms with Gasteiger partial charge in [0.05, 0.1) is 13.2 Å². The summed E-state index contributed by atoms with van der Waals surface area (Å²) in [4.78, 5) is 16.6. The molecule has 4 rings (SSSR count). The Morgan fingerprint density at radius 1 is 1.11 bits per heavy atom. The fourth-order valence-electron chi connectivity index (χ4n) is 3.42. The molecule has 0 aliphatic carbocycles. The quantitative estimate of drug-likeness (QED) is 0.811. The minimum atomic E-state index is -0.213. The lowest BCUT2D eigenvalue weighted by atomic mass is 10.1. The Hall–Kier alpha value is -2.44. The second kappa shape index (κ2) is 8.06. The summed E-state index contributed by atoms with van der Waals surface area (Å²) in [6.07, 6.45) is 0.110. The molecule has 2 fully saturated rings. The number of ether oxygens (including phenoxy) is 2. The van der Waals surface area contributed by atoms with E-state index in [-0.39, 0.29) is 17.8 Å². The summed E-state index contributed by atoms with van der Waals surface area (Å²) in [5, 5.41) is 0. The van der Waals surface area contributed by atoms with Crippen LogP contribution in [0.1, 0.15) is 15.9 Å². The topological polar surface area (TPSA) is 42.0 Å². The third-order valence-corrected chi connectivity index (χ3v) is 4.93. The average molecular weight is 370 g/mol. The molecule has 0 aromatic heterocycles. The predicted octanol–water partition coefficient (Wildman–Crippen LogP) is 2.56. The van der Waals surface area contributed by atoms with Crippen LogP contribution >= 0.6 is 0 Å². The van der Waals surface area contributed by atoms with Crippen molar-refractivity contribution in [3.63, 3.8) is 0 Å². The molecule has 0 saturated carbocycles. The van der Waals surface area contributed by atoms with Gasteiger partial charge in [0.25, 0.3) is 5.91 Å². The molecular formula is C21H23FN2O3. The van der Waals surface area contributed by atoms with E-state index >= 15 is 0 Å². The largest absolute Gasteiger partial charge is 0.488 e. The minimum Gasteiger partial charge on any atom is -0.488 e. The maximum Gasteiger partial charge on any atom is 0.254 e. The molecule has 0 N–H and O–H groups in total. The Morgan fingerprint density at radius 3 is 2.59 bits per heavy atom. The molecule has 0 atom stereocenters. The van der Waals surface area contributed by atoms with Gasteiger partial charge in [-0.3, -0.25) is 9.69 Å². The van der Waals surface area contributed by atoms with Crippen molar-refractivity contribution in [2.24, 2.45) is 0 Å². The Balaban J connectivity index is 1.29. The lowest BCUT2D eigenvalue weighted by Crippen LogP contribution is -2.53. The van der Waals surface area contributed by atoms with Gasteiger partial charge in [0.2, 0.25) is 0 Å². The van der Waals surface area contributed by atoms with E-state index in [9.17, 15) is 9.18 Å². The Bertz CT molecular complexity index is 784. The molecule has 2 aromatic carbocycles. The molecule has 0 radical (unpaired) electrons. The van der Waals surface area contributed by atoms with Gasteiger partial charge in [0.1, 0.15) is 17.7 Å². The number of hydrogen-bond acceptors (Lipinski definition) is 4. The fourth-order valence-corrected chi connectivity index (χ4v) is 3.42. The monoisotopic (exact) mass is 370 g/mol. The standard InChI is InChI=1S/C21H23FN2O3/c22-18-6-4-16(5-7-18)13-23-14-20(15-23)27-19-3-1-2-17(12-19)21(25)24-8-10-26-11-9-24/h1-7,12,20H,8-11,13-15H2.